The maximum absolute atomic E-state index is 2.44. The van der Waals surface area contributed by atoms with Crippen LogP contribution in [0.5, 0.6) is 0 Å². The second kappa shape index (κ2) is 6.51. The summed E-state index contributed by atoms with van der Waals surface area (Å²) < 4.78 is 2.25. The Morgan fingerprint density at radius 1 is 0.692 bits per heavy atom. The first-order valence-electron chi connectivity index (χ1n) is 9.78. The Morgan fingerprint density at radius 2 is 1.19 bits per heavy atom. The molecule has 1 aromatic heterocycles. The molecule has 1 nitrogen and oxygen atoms in total. The number of hydrogen-bond acceptors (Lipinski definition) is 0. The molecule has 0 amide bonds. The van der Waals surface area contributed by atoms with Crippen molar-refractivity contribution in [3.63, 3.8) is 0 Å². The van der Waals surface area contributed by atoms with Crippen LogP contribution in [0.4, 0.5) is 0 Å². The Bertz CT molecular complexity index is 806. The highest BCUT2D eigenvalue weighted by Gasteiger charge is 2.28. The van der Waals surface area contributed by atoms with E-state index in [1.807, 2.05) is 0 Å². The van der Waals surface area contributed by atoms with Crippen molar-refractivity contribution < 1.29 is 4.57 Å². The second-order valence-electron chi connectivity index (χ2n) is 10.9. The predicted molar refractivity (Wildman–Crippen MR) is 114 cm³/mol. The molecule has 0 radical (unpaired) electrons. The first-order valence-corrected chi connectivity index (χ1v) is 9.78. The minimum absolute atomic E-state index is 0.116. The molecule has 26 heavy (non-hydrogen) atoms. The molecule has 0 aliphatic heterocycles. The third-order valence-corrected chi connectivity index (χ3v) is 5.27. The fraction of sp³-hybridized carbons (Fsp3) is 0.560. The van der Waals surface area contributed by atoms with Crippen molar-refractivity contribution in [1.29, 1.82) is 0 Å². The van der Waals surface area contributed by atoms with Gasteiger partial charge in [0, 0.05) is 17.7 Å². The number of aryl methyl sites for hydroxylation is 2. The highest BCUT2D eigenvalue weighted by molar-refractivity contribution is 5.65. The molecule has 0 fully saturated rings. The highest BCUT2D eigenvalue weighted by atomic mass is 14.9. The maximum atomic E-state index is 2.44. The molecule has 0 atom stereocenters. The second-order valence-corrected chi connectivity index (χ2v) is 10.9. The van der Waals surface area contributed by atoms with Gasteiger partial charge in [0.1, 0.15) is 7.05 Å². The minimum Gasteiger partial charge on any atom is -0.201 e. The van der Waals surface area contributed by atoms with Crippen molar-refractivity contribution in [3.8, 4) is 11.3 Å². The van der Waals surface area contributed by atoms with Gasteiger partial charge in [0.15, 0.2) is 6.20 Å². The fourth-order valence-corrected chi connectivity index (χ4v) is 3.53. The predicted octanol–water partition coefficient (Wildman–Crippen LogP) is 6.38. The molecule has 1 heterocycles. The van der Waals surface area contributed by atoms with E-state index >= 15 is 0 Å². The van der Waals surface area contributed by atoms with Crippen LogP contribution in [0.2, 0.25) is 0 Å². The van der Waals surface area contributed by atoms with E-state index in [0.717, 1.165) is 0 Å². The lowest BCUT2D eigenvalue weighted by molar-refractivity contribution is -0.660. The molecule has 0 saturated heterocycles. The third-order valence-electron chi connectivity index (χ3n) is 5.27. The molecule has 2 aromatic rings. The molecule has 0 unspecified atom stereocenters. The monoisotopic (exact) mass is 352 g/mol. The fourth-order valence-electron chi connectivity index (χ4n) is 3.53. The largest absolute Gasteiger partial charge is 0.212 e. The average molecular weight is 353 g/mol. The van der Waals surface area contributed by atoms with Gasteiger partial charge in [-0.05, 0) is 51.5 Å². The molecule has 0 bridgehead atoms. The van der Waals surface area contributed by atoms with Crippen LogP contribution in [-0.2, 0) is 23.3 Å². The quantitative estimate of drug-likeness (QED) is 0.524. The summed E-state index contributed by atoms with van der Waals surface area (Å²) in [6.07, 6.45) is 2.20. The molecule has 0 aliphatic rings. The van der Waals surface area contributed by atoms with Gasteiger partial charge in [-0.15, -0.1) is 0 Å². The average Bonchev–Trinajstić information content (AvgIpc) is 2.44. The molecule has 1 aromatic carbocycles. The number of hydrogen-bond donors (Lipinski definition) is 0. The molecular weight excluding hydrogens is 314 g/mol. The van der Waals surface area contributed by atoms with E-state index in [1.54, 1.807) is 0 Å². The van der Waals surface area contributed by atoms with Crippen molar-refractivity contribution in [2.45, 2.75) is 85.5 Å². The summed E-state index contributed by atoms with van der Waals surface area (Å²) in [5, 5.41) is 0. The molecule has 142 valence electrons. The third kappa shape index (κ3) is 4.19. The van der Waals surface area contributed by atoms with E-state index < -0.39 is 0 Å². The zero-order valence-electron chi connectivity index (χ0n) is 18.8. The Kier molecular flexibility index (Phi) is 5.18. The molecule has 0 spiro atoms. The Balaban J connectivity index is 2.80. The molecule has 2 rings (SSSR count). The Morgan fingerprint density at radius 3 is 1.65 bits per heavy atom. The van der Waals surface area contributed by atoms with Gasteiger partial charge in [-0.1, -0.05) is 68.4 Å². The first-order chi connectivity index (χ1) is 11.6. The van der Waals surface area contributed by atoms with Gasteiger partial charge in [0.25, 0.3) is 0 Å². The molecular formula is C25H38N+. The van der Waals surface area contributed by atoms with Crippen molar-refractivity contribution >= 4 is 0 Å². The van der Waals surface area contributed by atoms with Gasteiger partial charge in [0.05, 0.1) is 0 Å². The number of benzene rings is 1. The van der Waals surface area contributed by atoms with Crippen LogP contribution in [0.3, 0.4) is 0 Å². The molecule has 0 N–H and O–H groups in total. The van der Waals surface area contributed by atoms with Crippen LogP contribution in [0.15, 0.2) is 30.5 Å². The smallest absolute Gasteiger partial charge is 0.201 e. The topological polar surface area (TPSA) is 3.88 Å². The number of pyridine rings is 1. The maximum Gasteiger partial charge on any atom is 0.212 e. The normalized spacial score (nSPS) is 13.2. The summed E-state index contributed by atoms with van der Waals surface area (Å²) in [5.74, 6) is 0. The van der Waals surface area contributed by atoms with Crippen LogP contribution in [0.1, 0.15) is 84.6 Å². The number of nitrogens with zero attached hydrogens (tertiary/aromatic N) is 1. The van der Waals surface area contributed by atoms with Crippen LogP contribution >= 0.6 is 0 Å². The zero-order valence-corrected chi connectivity index (χ0v) is 18.8. The summed E-state index contributed by atoms with van der Waals surface area (Å²) >= 11 is 0. The molecule has 0 aliphatic carbocycles. The van der Waals surface area contributed by atoms with Crippen LogP contribution < -0.4 is 4.57 Å². The SMILES string of the molecule is Cc1cc(C(C)(C)C)c(C(C)(C)C)cc1-c1cc(C(C)(C)C)cc[n+]1C. The zero-order chi connectivity index (χ0) is 20.1. The van der Waals surface area contributed by atoms with Gasteiger partial charge in [-0.3, -0.25) is 0 Å². The van der Waals surface area contributed by atoms with Crippen LogP contribution in [0.25, 0.3) is 11.3 Å². The van der Waals surface area contributed by atoms with E-state index in [9.17, 15) is 0 Å². The lowest BCUT2D eigenvalue weighted by atomic mass is 9.73. The van der Waals surface area contributed by atoms with E-state index in [4.69, 9.17) is 0 Å². The molecule has 1 heteroatoms. The number of rotatable bonds is 1. The van der Waals surface area contributed by atoms with Gasteiger partial charge in [-0.2, -0.15) is 0 Å². The summed E-state index contributed by atoms with van der Waals surface area (Å²) in [5.41, 5.74) is 8.68. The molecule has 0 saturated carbocycles. The van der Waals surface area contributed by atoms with Crippen LogP contribution in [-0.4, -0.2) is 0 Å². The van der Waals surface area contributed by atoms with E-state index in [1.165, 1.54) is 33.5 Å². The van der Waals surface area contributed by atoms with Gasteiger partial charge >= 0.3 is 0 Å². The van der Waals surface area contributed by atoms with E-state index in [0.29, 0.717) is 0 Å². The number of aromatic nitrogens is 1. The highest BCUT2D eigenvalue weighted by Crippen LogP contribution is 2.38. The van der Waals surface area contributed by atoms with Crippen molar-refractivity contribution in [2.24, 2.45) is 7.05 Å². The van der Waals surface area contributed by atoms with Gasteiger partial charge in [-0.25, -0.2) is 4.57 Å². The van der Waals surface area contributed by atoms with Gasteiger partial charge in [0.2, 0.25) is 5.69 Å². The lowest BCUT2D eigenvalue weighted by Crippen LogP contribution is -2.32. The Labute approximate surface area is 161 Å². The van der Waals surface area contributed by atoms with E-state index in [2.05, 4.69) is 111 Å². The minimum atomic E-state index is 0.116. The van der Waals surface area contributed by atoms with Crippen molar-refractivity contribution in [2.75, 3.05) is 0 Å². The summed E-state index contributed by atoms with van der Waals surface area (Å²) in [4.78, 5) is 0. The van der Waals surface area contributed by atoms with E-state index in [-0.39, 0.29) is 16.2 Å². The standard InChI is InChI=1S/C25H38N/c1-17-14-20(24(5,6)7)21(25(8,9)10)16-19(17)22-15-18(23(2,3)4)12-13-26(22)11/h12-16H,1-11H3/q+1. The summed E-state index contributed by atoms with van der Waals surface area (Å²) in [6, 6.07) is 9.47. The summed E-state index contributed by atoms with van der Waals surface area (Å²) in [7, 11) is 2.15. The summed E-state index contributed by atoms with van der Waals surface area (Å²) in [6.45, 7) is 23.0. The van der Waals surface area contributed by atoms with Gasteiger partial charge < -0.3 is 0 Å². The lowest BCUT2D eigenvalue weighted by Gasteiger charge is -2.31. The van der Waals surface area contributed by atoms with Crippen molar-refractivity contribution in [1.82, 2.24) is 0 Å². The Hall–Kier alpha value is -1.63. The van der Waals surface area contributed by atoms with Crippen molar-refractivity contribution in [3.05, 3.63) is 52.7 Å². The van der Waals surface area contributed by atoms with Crippen LogP contribution in [0, 0.1) is 6.92 Å². The first kappa shape index (κ1) is 20.7.